The van der Waals surface area contributed by atoms with Gasteiger partial charge in [-0.1, -0.05) is 97.1 Å². The molecule has 0 saturated carbocycles. The average Bonchev–Trinajstić information content (AvgIpc) is 2.84. The van der Waals surface area contributed by atoms with Gasteiger partial charge in [-0.2, -0.15) is 0 Å². The summed E-state index contributed by atoms with van der Waals surface area (Å²) < 4.78 is 0. The molecule has 2 heterocycles. The van der Waals surface area contributed by atoms with E-state index in [9.17, 15) is 0 Å². The molecule has 140 valence electrons. The molecule has 0 aliphatic carbocycles. The van der Waals surface area contributed by atoms with Crippen LogP contribution in [0.25, 0.3) is 55.1 Å². The average molecular weight is 382 g/mol. The highest BCUT2D eigenvalue weighted by atomic mass is 14.7. The molecule has 0 aliphatic rings. The van der Waals surface area contributed by atoms with E-state index in [1.54, 1.807) is 0 Å². The SMILES string of the molecule is c1ccc(-c2ccc3ccc4c(ccc5ccc(-c6ccccc6)nc54)c3n2)cc1. The van der Waals surface area contributed by atoms with E-state index in [1.165, 1.54) is 0 Å². The summed E-state index contributed by atoms with van der Waals surface area (Å²) in [7, 11) is 0. The van der Waals surface area contributed by atoms with E-state index >= 15 is 0 Å². The number of hydrogen-bond acceptors (Lipinski definition) is 2. The topological polar surface area (TPSA) is 25.8 Å². The van der Waals surface area contributed by atoms with Crippen LogP contribution in [0.2, 0.25) is 0 Å². The van der Waals surface area contributed by atoms with Crippen LogP contribution in [0.15, 0.2) is 109 Å². The number of fused-ring (bicyclic) bond motifs is 5. The van der Waals surface area contributed by atoms with Gasteiger partial charge in [0.1, 0.15) is 0 Å². The molecular weight excluding hydrogens is 364 g/mol. The quantitative estimate of drug-likeness (QED) is 0.294. The van der Waals surface area contributed by atoms with Crippen LogP contribution in [-0.2, 0) is 0 Å². The van der Waals surface area contributed by atoms with Crippen molar-refractivity contribution in [1.29, 1.82) is 0 Å². The van der Waals surface area contributed by atoms with E-state index < -0.39 is 0 Å². The number of pyridine rings is 2. The highest BCUT2D eigenvalue weighted by Gasteiger charge is 2.10. The van der Waals surface area contributed by atoms with Crippen molar-refractivity contribution in [1.82, 2.24) is 9.97 Å². The molecule has 0 radical (unpaired) electrons. The minimum Gasteiger partial charge on any atom is -0.247 e. The molecular formula is C28H18N2. The molecule has 0 unspecified atom stereocenters. The summed E-state index contributed by atoms with van der Waals surface area (Å²) >= 11 is 0. The van der Waals surface area contributed by atoms with E-state index in [-0.39, 0.29) is 0 Å². The van der Waals surface area contributed by atoms with Crippen LogP contribution in [0, 0.1) is 0 Å². The predicted octanol–water partition coefficient (Wildman–Crippen LogP) is 7.27. The molecule has 6 aromatic rings. The highest BCUT2D eigenvalue weighted by Crippen LogP contribution is 2.32. The number of rotatable bonds is 2. The summed E-state index contributed by atoms with van der Waals surface area (Å²) in [6, 6.07) is 37.8. The molecule has 0 fully saturated rings. The Balaban J connectivity index is 1.62. The first-order valence-corrected chi connectivity index (χ1v) is 10.1. The molecule has 2 heteroatoms. The third-order valence-corrected chi connectivity index (χ3v) is 5.65. The Bertz CT molecular complexity index is 1400. The Morgan fingerprint density at radius 3 is 1.20 bits per heavy atom. The van der Waals surface area contributed by atoms with Crippen LogP contribution in [0.4, 0.5) is 0 Å². The fraction of sp³-hybridized carbons (Fsp3) is 0. The van der Waals surface area contributed by atoms with Crippen LogP contribution in [0.3, 0.4) is 0 Å². The molecule has 0 amide bonds. The third kappa shape index (κ3) is 2.73. The summed E-state index contributed by atoms with van der Waals surface area (Å²) in [5.74, 6) is 0. The molecule has 0 N–H and O–H groups in total. The van der Waals surface area contributed by atoms with Crippen molar-refractivity contribution in [3.05, 3.63) is 109 Å². The molecule has 0 spiro atoms. The number of nitrogens with zero attached hydrogens (tertiary/aromatic N) is 2. The van der Waals surface area contributed by atoms with Gasteiger partial charge in [-0.25, -0.2) is 9.97 Å². The first kappa shape index (κ1) is 16.9. The second-order valence-electron chi connectivity index (χ2n) is 7.49. The third-order valence-electron chi connectivity index (χ3n) is 5.65. The van der Waals surface area contributed by atoms with Crippen molar-refractivity contribution in [3.63, 3.8) is 0 Å². The monoisotopic (exact) mass is 382 g/mol. The lowest BCUT2D eigenvalue weighted by molar-refractivity contribution is 1.40. The smallest absolute Gasteiger partial charge is 0.0788 e. The standard InChI is InChI=1S/C28H18N2/c1-3-7-19(8-4-1)25-17-13-21-11-16-24-23(27(21)29-25)15-12-22-14-18-26(30-28(22)24)20-9-5-2-6-10-20/h1-18H. The summed E-state index contributed by atoms with van der Waals surface area (Å²) in [4.78, 5) is 10.1. The Morgan fingerprint density at radius 2 is 0.767 bits per heavy atom. The number of benzene rings is 4. The molecule has 4 aromatic carbocycles. The van der Waals surface area contributed by atoms with Crippen LogP contribution >= 0.6 is 0 Å². The fourth-order valence-corrected chi connectivity index (χ4v) is 4.12. The molecule has 30 heavy (non-hydrogen) atoms. The first-order chi connectivity index (χ1) is 14.9. The van der Waals surface area contributed by atoms with Gasteiger partial charge in [0, 0.05) is 32.7 Å². The fourth-order valence-electron chi connectivity index (χ4n) is 4.12. The van der Waals surface area contributed by atoms with Gasteiger partial charge in [-0.3, -0.25) is 0 Å². The second kappa shape index (κ2) is 6.78. The Morgan fingerprint density at radius 1 is 0.367 bits per heavy atom. The lowest BCUT2D eigenvalue weighted by Crippen LogP contribution is -1.90. The summed E-state index contributed by atoms with van der Waals surface area (Å²) in [6.45, 7) is 0. The maximum Gasteiger partial charge on any atom is 0.0788 e. The maximum absolute atomic E-state index is 5.03. The zero-order valence-corrected chi connectivity index (χ0v) is 16.3. The Kier molecular flexibility index (Phi) is 3.82. The number of hydrogen-bond donors (Lipinski definition) is 0. The van der Waals surface area contributed by atoms with E-state index in [4.69, 9.17) is 9.97 Å². The van der Waals surface area contributed by atoms with Crippen molar-refractivity contribution >= 4 is 32.6 Å². The summed E-state index contributed by atoms with van der Waals surface area (Å²) in [5.41, 5.74) is 6.26. The van der Waals surface area contributed by atoms with E-state index in [1.807, 2.05) is 36.4 Å². The van der Waals surface area contributed by atoms with Gasteiger partial charge >= 0.3 is 0 Å². The normalized spacial score (nSPS) is 11.3. The molecule has 0 saturated heterocycles. The molecule has 6 rings (SSSR count). The van der Waals surface area contributed by atoms with Crippen molar-refractivity contribution in [3.8, 4) is 22.5 Å². The van der Waals surface area contributed by atoms with Gasteiger partial charge in [0.05, 0.1) is 22.4 Å². The lowest BCUT2D eigenvalue weighted by Gasteiger charge is -2.10. The van der Waals surface area contributed by atoms with Gasteiger partial charge in [0.25, 0.3) is 0 Å². The molecule has 0 atom stereocenters. The van der Waals surface area contributed by atoms with Gasteiger partial charge in [-0.05, 0) is 12.1 Å². The van der Waals surface area contributed by atoms with Crippen LogP contribution < -0.4 is 0 Å². The van der Waals surface area contributed by atoms with Crippen molar-refractivity contribution in [2.24, 2.45) is 0 Å². The molecule has 0 bridgehead atoms. The minimum absolute atomic E-state index is 0.988. The Hall–Kier alpha value is -4.04. The second-order valence-corrected chi connectivity index (χ2v) is 7.49. The van der Waals surface area contributed by atoms with E-state index in [0.717, 1.165) is 55.1 Å². The zero-order chi connectivity index (χ0) is 19.9. The van der Waals surface area contributed by atoms with Crippen LogP contribution in [0.5, 0.6) is 0 Å². The van der Waals surface area contributed by atoms with Crippen molar-refractivity contribution < 1.29 is 0 Å². The summed E-state index contributed by atoms with van der Waals surface area (Å²) in [5, 5.41) is 4.55. The zero-order valence-electron chi connectivity index (χ0n) is 16.3. The largest absolute Gasteiger partial charge is 0.247 e. The van der Waals surface area contributed by atoms with Gasteiger partial charge in [0.15, 0.2) is 0 Å². The van der Waals surface area contributed by atoms with Gasteiger partial charge in [0.2, 0.25) is 0 Å². The highest BCUT2D eigenvalue weighted by molar-refractivity contribution is 6.15. The van der Waals surface area contributed by atoms with Gasteiger partial charge < -0.3 is 0 Å². The lowest BCUT2D eigenvalue weighted by atomic mass is 10.0. The number of aromatic nitrogens is 2. The van der Waals surface area contributed by atoms with Crippen LogP contribution in [-0.4, -0.2) is 9.97 Å². The van der Waals surface area contributed by atoms with E-state index in [0.29, 0.717) is 0 Å². The minimum atomic E-state index is 0.988. The first-order valence-electron chi connectivity index (χ1n) is 10.1. The molecule has 2 aromatic heterocycles. The van der Waals surface area contributed by atoms with E-state index in [2.05, 4.69) is 72.8 Å². The van der Waals surface area contributed by atoms with Crippen LogP contribution in [0.1, 0.15) is 0 Å². The van der Waals surface area contributed by atoms with Crippen molar-refractivity contribution in [2.45, 2.75) is 0 Å². The van der Waals surface area contributed by atoms with Crippen molar-refractivity contribution in [2.75, 3.05) is 0 Å². The summed E-state index contributed by atoms with van der Waals surface area (Å²) in [6.07, 6.45) is 0. The Labute approximate surface area is 174 Å². The maximum atomic E-state index is 5.03. The molecule has 0 aliphatic heterocycles. The predicted molar refractivity (Wildman–Crippen MR) is 125 cm³/mol. The molecule has 2 nitrogen and oxygen atoms in total. The van der Waals surface area contributed by atoms with Gasteiger partial charge in [-0.15, -0.1) is 0 Å².